The summed E-state index contributed by atoms with van der Waals surface area (Å²) in [7, 11) is 0. The molecule has 1 N–H and O–H groups in total. The van der Waals surface area contributed by atoms with Crippen LogP contribution in [0.5, 0.6) is 0 Å². The molecule has 0 aromatic rings. The number of alkyl halides is 1. The van der Waals surface area contributed by atoms with Gasteiger partial charge in [-0.05, 0) is 5.41 Å². The fourth-order valence-electron chi connectivity index (χ4n) is 1.74. The zero-order valence-electron chi connectivity index (χ0n) is 10.0. The van der Waals surface area contributed by atoms with Crippen molar-refractivity contribution in [2.45, 2.75) is 33.2 Å². The first-order valence-corrected chi connectivity index (χ1v) is 5.50. The SMILES string of the molecule is CC(C)(C)C1NC(=O)CCN(CCF)C1=O. The molecule has 1 heterocycles. The van der Waals surface area contributed by atoms with Crippen molar-refractivity contribution < 1.29 is 14.0 Å². The van der Waals surface area contributed by atoms with Gasteiger partial charge in [0.15, 0.2) is 0 Å². The van der Waals surface area contributed by atoms with E-state index in [4.69, 9.17) is 0 Å². The van der Waals surface area contributed by atoms with Crippen LogP contribution in [0.1, 0.15) is 27.2 Å². The summed E-state index contributed by atoms with van der Waals surface area (Å²) in [4.78, 5) is 24.9. The van der Waals surface area contributed by atoms with Crippen LogP contribution in [0.3, 0.4) is 0 Å². The minimum absolute atomic E-state index is 0.0698. The summed E-state index contributed by atoms with van der Waals surface area (Å²) in [5.74, 6) is -0.328. The van der Waals surface area contributed by atoms with E-state index in [9.17, 15) is 14.0 Å². The Kier molecular flexibility index (Phi) is 3.88. The van der Waals surface area contributed by atoms with Gasteiger partial charge in [0.1, 0.15) is 12.7 Å². The van der Waals surface area contributed by atoms with Crippen LogP contribution in [0.25, 0.3) is 0 Å². The number of halogens is 1. The molecule has 5 heteroatoms. The number of rotatable bonds is 2. The quantitative estimate of drug-likeness (QED) is 0.760. The lowest BCUT2D eigenvalue weighted by Gasteiger charge is -2.31. The van der Waals surface area contributed by atoms with Crippen molar-refractivity contribution in [3.63, 3.8) is 0 Å². The zero-order chi connectivity index (χ0) is 12.3. The lowest BCUT2D eigenvalue weighted by molar-refractivity contribution is -0.136. The summed E-state index contributed by atoms with van der Waals surface area (Å²) in [6.45, 7) is 5.46. The minimum Gasteiger partial charge on any atom is -0.344 e. The number of nitrogens with one attached hydrogen (secondary N) is 1. The Balaban J connectivity index is 2.88. The predicted octanol–water partition coefficient (Wildman–Crippen LogP) is 0.719. The Labute approximate surface area is 95.2 Å². The third-order valence-electron chi connectivity index (χ3n) is 2.69. The van der Waals surface area contributed by atoms with Crippen LogP contribution in [-0.4, -0.2) is 42.5 Å². The van der Waals surface area contributed by atoms with E-state index < -0.39 is 12.7 Å². The maximum atomic E-state index is 12.3. The Bertz CT molecular complexity index is 286. The van der Waals surface area contributed by atoms with Crippen molar-refractivity contribution >= 4 is 11.8 Å². The molecule has 0 aromatic carbocycles. The molecule has 1 fully saturated rings. The topological polar surface area (TPSA) is 49.4 Å². The van der Waals surface area contributed by atoms with Crippen molar-refractivity contribution in [3.05, 3.63) is 0 Å². The van der Waals surface area contributed by atoms with E-state index in [2.05, 4.69) is 5.32 Å². The third kappa shape index (κ3) is 2.93. The second-order valence-electron chi connectivity index (χ2n) is 5.13. The van der Waals surface area contributed by atoms with Crippen molar-refractivity contribution in [1.82, 2.24) is 10.2 Å². The Morgan fingerprint density at radius 2 is 2.06 bits per heavy atom. The highest BCUT2D eigenvalue weighted by atomic mass is 19.1. The standard InChI is InChI=1S/C11H19FN2O2/c1-11(2,3)9-10(16)14(7-5-12)6-4-8(15)13-9/h9H,4-7H2,1-3H3,(H,13,15). The van der Waals surface area contributed by atoms with Crippen LogP contribution in [-0.2, 0) is 9.59 Å². The first-order chi connectivity index (χ1) is 7.36. The number of hydrogen-bond acceptors (Lipinski definition) is 2. The molecule has 1 atom stereocenters. The summed E-state index contributed by atoms with van der Waals surface area (Å²) in [6.07, 6.45) is 0.248. The van der Waals surface area contributed by atoms with E-state index in [0.717, 1.165) is 0 Å². The van der Waals surface area contributed by atoms with Gasteiger partial charge in [-0.2, -0.15) is 0 Å². The third-order valence-corrected chi connectivity index (χ3v) is 2.69. The number of hydrogen-bond donors (Lipinski definition) is 1. The Hall–Kier alpha value is -1.13. The van der Waals surface area contributed by atoms with Gasteiger partial charge in [-0.25, -0.2) is 4.39 Å². The zero-order valence-corrected chi connectivity index (χ0v) is 10.0. The maximum Gasteiger partial charge on any atom is 0.245 e. The molecule has 1 aliphatic heterocycles. The van der Waals surface area contributed by atoms with E-state index in [1.165, 1.54) is 4.90 Å². The predicted molar refractivity (Wildman–Crippen MR) is 58.6 cm³/mol. The molecule has 4 nitrogen and oxygen atoms in total. The van der Waals surface area contributed by atoms with Crippen molar-refractivity contribution in [2.75, 3.05) is 19.8 Å². The summed E-state index contributed by atoms with van der Waals surface area (Å²) in [5.41, 5.74) is -0.356. The smallest absolute Gasteiger partial charge is 0.245 e. The van der Waals surface area contributed by atoms with Crippen LogP contribution in [0.15, 0.2) is 0 Å². The highest BCUT2D eigenvalue weighted by Crippen LogP contribution is 2.22. The van der Waals surface area contributed by atoms with Gasteiger partial charge in [0, 0.05) is 19.5 Å². The normalized spacial score (nSPS) is 23.0. The van der Waals surface area contributed by atoms with Gasteiger partial charge in [-0.15, -0.1) is 0 Å². The fourth-order valence-corrected chi connectivity index (χ4v) is 1.74. The van der Waals surface area contributed by atoms with E-state index in [1.54, 1.807) is 0 Å². The van der Waals surface area contributed by atoms with Crippen LogP contribution in [0.2, 0.25) is 0 Å². The van der Waals surface area contributed by atoms with Gasteiger partial charge >= 0.3 is 0 Å². The molecule has 1 saturated heterocycles. The lowest BCUT2D eigenvalue weighted by atomic mass is 9.86. The first kappa shape index (κ1) is 12.9. The molecule has 1 aliphatic rings. The summed E-state index contributed by atoms with van der Waals surface area (Å²) >= 11 is 0. The van der Waals surface area contributed by atoms with Gasteiger partial charge in [-0.3, -0.25) is 9.59 Å². The monoisotopic (exact) mass is 230 g/mol. The lowest BCUT2D eigenvalue weighted by Crippen LogP contribution is -2.52. The van der Waals surface area contributed by atoms with Gasteiger partial charge in [0.25, 0.3) is 0 Å². The van der Waals surface area contributed by atoms with Gasteiger partial charge in [0.05, 0.1) is 0 Å². The molecular formula is C11H19FN2O2. The molecule has 16 heavy (non-hydrogen) atoms. The van der Waals surface area contributed by atoms with Gasteiger partial charge in [-0.1, -0.05) is 20.8 Å². The van der Waals surface area contributed by atoms with Crippen LogP contribution in [0, 0.1) is 5.41 Å². The number of nitrogens with zero attached hydrogens (tertiary/aromatic N) is 1. The summed E-state index contributed by atoms with van der Waals surface area (Å²) in [6, 6.07) is -0.561. The van der Waals surface area contributed by atoms with E-state index >= 15 is 0 Å². The van der Waals surface area contributed by atoms with Crippen LogP contribution >= 0.6 is 0 Å². The number of amides is 2. The second-order valence-corrected chi connectivity index (χ2v) is 5.13. The highest BCUT2D eigenvalue weighted by molar-refractivity contribution is 5.90. The molecule has 0 spiro atoms. The van der Waals surface area contributed by atoms with E-state index in [-0.39, 0.29) is 30.2 Å². The van der Waals surface area contributed by atoms with Crippen LogP contribution < -0.4 is 5.32 Å². The fraction of sp³-hybridized carbons (Fsp3) is 0.818. The van der Waals surface area contributed by atoms with Crippen molar-refractivity contribution in [2.24, 2.45) is 5.41 Å². The first-order valence-electron chi connectivity index (χ1n) is 5.50. The molecule has 1 rings (SSSR count). The van der Waals surface area contributed by atoms with Gasteiger partial charge in [0.2, 0.25) is 11.8 Å². The van der Waals surface area contributed by atoms with E-state index in [1.807, 2.05) is 20.8 Å². The number of carbonyl (C=O) groups excluding carboxylic acids is 2. The molecular weight excluding hydrogens is 211 g/mol. The molecule has 1 unspecified atom stereocenters. The largest absolute Gasteiger partial charge is 0.344 e. The molecule has 0 aliphatic carbocycles. The Morgan fingerprint density at radius 1 is 1.44 bits per heavy atom. The van der Waals surface area contributed by atoms with E-state index in [0.29, 0.717) is 6.54 Å². The molecule has 2 amide bonds. The number of carbonyl (C=O) groups is 2. The molecule has 0 radical (unpaired) electrons. The molecule has 0 saturated carbocycles. The molecule has 0 bridgehead atoms. The van der Waals surface area contributed by atoms with Crippen molar-refractivity contribution in [3.8, 4) is 0 Å². The average molecular weight is 230 g/mol. The maximum absolute atomic E-state index is 12.3. The molecule has 92 valence electrons. The van der Waals surface area contributed by atoms with Crippen molar-refractivity contribution in [1.29, 1.82) is 0 Å². The molecule has 0 aromatic heterocycles. The Morgan fingerprint density at radius 3 is 2.56 bits per heavy atom. The second kappa shape index (κ2) is 4.80. The highest BCUT2D eigenvalue weighted by Gasteiger charge is 2.37. The van der Waals surface area contributed by atoms with Crippen LogP contribution in [0.4, 0.5) is 4.39 Å². The summed E-state index contributed by atoms with van der Waals surface area (Å²) < 4.78 is 12.3. The minimum atomic E-state index is -0.573. The summed E-state index contributed by atoms with van der Waals surface area (Å²) in [5, 5.41) is 2.70. The van der Waals surface area contributed by atoms with Gasteiger partial charge < -0.3 is 10.2 Å². The average Bonchev–Trinajstić information content (AvgIpc) is 2.30.